The number of hydrogen-bond acceptors (Lipinski definition) is 4. The van der Waals surface area contributed by atoms with Crippen LogP contribution in [0, 0.1) is 11.8 Å². The average Bonchev–Trinajstić information content (AvgIpc) is 3.19. The summed E-state index contributed by atoms with van der Waals surface area (Å²) in [4.78, 5) is 38.6. The molecule has 5 rings (SSSR count). The molecule has 1 saturated heterocycles. The van der Waals surface area contributed by atoms with Gasteiger partial charge in [-0.05, 0) is 37.1 Å². The van der Waals surface area contributed by atoms with Gasteiger partial charge in [-0.3, -0.25) is 19.3 Å². The van der Waals surface area contributed by atoms with Gasteiger partial charge in [-0.15, -0.1) is 0 Å². The van der Waals surface area contributed by atoms with Crippen molar-refractivity contribution in [1.29, 1.82) is 0 Å². The summed E-state index contributed by atoms with van der Waals surface area (Å²) in [6.07, 6.45) is 5.00. The van der Waals surface area contributed by atoms with Crippen LogP contribution in [0.15, 0.2) is 59.0 Å². The van der Waals surface area contributed by atoms with Gasteiger partial charge in [0, 0.05) is 16.5 Å². The third-order valence-corrected chi connectivity index (χ3v) is 5.56. The number of para-hydroxylation sites is 1. The number of carbonyl (C=O) groups is 3. The van der Waals surface area contributed by atoms with Crippen molar-refractivity contribution in [2.24, 2.45) is 11.8 Å². The number of anilines is 1. The standard InChI is InChI=1S/C22H18N2O4/c25-20(12-24-21(26)15-6-1-2-7-16(15)22(24)27)23-13-9-10-19-17(11-13)14-5-3-4-8-18(14)28-19/h1-5,8-11,15-16H,6-7,12H2,(H,23,25)/t15-,16-/m0/s1. The van der Waals surface area contributed by atoms with Crippen LogP contribution in [-0.2, 0) is 14.4 Å². The van der Waals surface area contributed by atoms with E-state index < -0.39 is 0 Å². The molecule has 6 nitrogen and oxygen atoms in total. The Labute approximate surface area is 160 Å². The van der Waals surface area contributed by atoms with Crippen molar-refractivity contribution in [3.05, 3.63) is 54.6 Å². The van der Waals surface area contributed by atoms with Crippen LogP contribution in [-0.4, -0.2) is 29.2 Å². The maximum absolute atomic E-state index is 12.5. The zero-order valence-electron chi connectivity index (χ0n) is 15.1. The van der Waals surface area contributed by atoms with Gasteiger partial charge in [-0.2, -0.15) is 0 Å². The van der Waals surface area contributed by atoms with Crippen LogP contribution in [0.1, 0.15) is 12.8 Å². The Balaban J connectivity index is 1.35. The summed E-state index contributed by atoms with van der Waals surface area (Å²) in [7, 11) is 0. The number of fused-ring (bicyclic) bond motifs is 4. The van der Waals surface area contributed by atoms with Crippen molar-refractivity contribution in [3.8, 4) is 0 Å². The number of nitrogens with one attached hydrogen (secondary N) is 1. The fourth-order valence-electron chi connectivity index (χ4n) is 4.17. The van der Waals surface area contributed by atoms with E-state index in [0.717, 1.165) is 26.8 Å². The summed E-state index contributed by atoms with van der Waals surface area (Å²) >= 11 is 0. The van der Waals surface area contributed by atoms with Gasteiger partial charge in [0.05, 0.1) is 11.8 Å². The molecule has 0 saturated carbocycles. The summed E-state index contributed by atoms with van der Waals surface area (Å²) < 4.78 is 5.79. The van der Waals surface area contributed by atoms with E-state index in [9.17, 15) is 14.4 Å². The minimum Gasteiger partial charge on any atom is -0.456 e. The summed E-state index contributed by atoms with van der Waals surface area (Å²) in [6.45, 7) is -0.255. The maximum atomic E-state index is 12.5. The van der Waals surface area contributed by atoms with Gasteiger partial charge < -0.3 is 9.73 Å². The molecule has 2 aliphatic rings. The molecule has 6 heteroatoms. The molecule has 1 aliphatic carbocycles. The first-order chi connectivity index (χ1) is 13.6. The topological polar surface area (TPSA) is 79.6 Å². The van der Waals surface area contributed by atoms with Gasteiger partial charge in [0.25, 0.3) is 0 Å². The second kappa shape index (κ2) is 6.34. The number of nitrogens with zero attached hydrogens (tertiary/aromatic N) is 1. The quantitative estimate of drug-likeness (QED) is 0.562. The van der Waals surface area contributed by atoms with Crippen LogP contribution in [0.3, 0.4) is 0 Å². The number of hydrogen-bond donors (Lipinski definition) is 1. The van der Waals surface area contributed by atoms with Gasteiger partial charge in [-0.1, -0.05) is 30.4 Å². The van der Waals surface area contributed by atoms with E-state index in [1.807, 2.05) is 42.5 Å². The smallest absolute Gasteiger partial charge is 0.244 e. The van der Waals surface area contributed by atoms with Crippen LogP contribution >= 0.6 is 0 Å². The SMILES string of the molecule is O=C(CN1C(=O)[C@H]2CC=CC[C@@H]2C1=O)Nc1ccc2oc3ccccc3c2c1. The molecule has 0 spiro atoms. The van der Waals surface area contributed by atoms with Crippen LogP contribution in [0.5, 0.6) is 0 Å². The Morgan fingerprint density at radius 2 is 1.64 bits per heavy atom. The number of rotatable bonds is 3. The normalized spacial score (nSPS) is 21.5. The summed E-state index contributed by atoms with van der Waals surface area (Å²) in [5.74, 6) is -1.52. The van der Waals surface area contributed by atoms with E-state index in [2.05, 4.69) is 5.32 Å². The van der Waals surface area contributed by atoms with E-state index in [1.54, 1.807) is 12.1 Å². The highest BCUT2D eigenvalue weighted by molar-refractivity contribution is 6.10. The van der Waals surface area contributed by atoms with E-state index in [-0.39, 0.29) is 36.1 Å². The monoisotopic (exact) mass is 374 g/mol. The molecule has 1 fully saturated rings. The van der Waals surface area contributed by atoms with Crippen LogP contribution in [0.2, 0.25) is 0 Å². The van der Waals surface area contributed by atoms with Crippen molar-refractivity contribution in [2.45, 2.75) is 12.8 Å². The molecule has 1 aromatic heterocycles. The zero-order valence-corrected chi connectivity index (χ0v) is 15.1. The molecular formula is C22H18N2O4. The number of furan rings is 1. The molecule has 140 valence electrons. The Morgan fingerprint density at radius 3 is 2.39 bits per heavy atom. The predicted octanol–water partition coefficient (Wildman–Crippen LogP) is 3.48. The van der Waals surface area contributed by atoms with E-state index in [4.69, 9.17) is 4.42 Å². The van der Waals surface area contributed by atoms with Gasteiger partial charge in [-0.25, -0.2) is 0 Å². The van der Waals surface area contributed by atoms with E-state index in [0.29, 0.717) is 18.5 Å². The average molecular weight is 374 g/mol. The fraction of sp³-hybridized carbons (Fsp3) is 0.227. The van der Waals surface area contributed by atoms with Crippen LogP contribution < -0.4 is 5.32 Å². The van der Waals surface area contributed by atoms with Crippen molar-refractivity contribution in [2.75, 3.05) is 11.9 Å². The summed E-state index contributed by atoms with van der Waals surface area (Å²) in [5, 5.41) is 4.66. The second-order valence-electron chi connectivity index (χ2n) is 7.28. The lowest BCUT2D eigenvalue weighted by Gasteiger charge is -2.14. The van der Waals surface area contributed by atoms with Crippen molar-refractivity contribution >= 4 is 45.3 Å². The van der Waals surface area contributed by atoms with E-state index in [1.165, 1.54) is 0 Å². The minimum absolute atomic E-state index is 0.245. The number of benzene rings is 2. The molecular weight excluding hydrogens is 356 g/mol. The number of likely N-dealkylation sites (tertiary alicyclic amines) is 1. The second-order valence-corrected chi connectivity index (χ2v) is 7.28. The fourth-order valence-corrected chi connectivity index (χ4v) is 4.17. The Morgan fingerprint density at radius 1 is 0.964 bits per heavy atom. The van der Waals surface area contributed by atoms with E-state index >= 15 is 0 Å². The van der Waals surface area contributed by atoms with Crippen molar-refractivity contribution < 1.29 is 18.8 Å². The molecule has 2 aromatic carbocycles. The Kier molecular flexibility index (Phi) is 3.79. The highest BCUT2D eigenvalue weighted by Crippen LogP contribution is 2.35. The molecule has 0 bridgehead atoms. The Bertz CT molecular complexity index is 1130. The van der Waals surface area contributed by atoms with Crippen molar-refractivity contribution in [1.82, 2.24) is 4.90 Å². The molecule has 1 N–H and O–H groups in total. The van der Waals surface area contributed by atoms with Crippen LogP contribution in [0.4, 0.5) is 5.69 Å². The van der Waals surface area contributed by atoms with Crippen molar-refractivity contribution in [3.63, 3.8) is 0 Å². The highest BCUT2D eigenvalue weighted by atomic mass is 16.3. The Hall–Kier alpha value is -3.41. The molecule has 0 unspecified atom stereocenters. The minimum atomic E-state index is -0.388. The number of carbonyl (C=O) groups excluding carboxylic acids is 3. The van der Waals surface area contributed by atoms with Gasteiger partial charge >= 0.3 is 0 Å². The lowest BCUT2D eigenvalue weighted by Crippen LogP contribution is -2.38. The molecule has 1 aliphatic heterocycles. The lowest BCUT2D eigenvalue weighted by atomic mass is 9.85. The van der Waals surface area contributed by atoms with Crippen LogP contribution in [0.25, 0.3) is 21.9 Å². The third kappa shape index (κ3) is 2.60. The summed E-state index contributed by atoms with van der Waals surface area (Å²) in [6, 6.07) is 13.1. The number of allylic oxidation sites excluding steroid dienone is 2. The number of imide groups is 1. The van der Waals surface area contributed by atoms with Gasteiger partial charge in [0.15, 0.2) is 0 Å². The predicted molar refractivity (Wildman–Crippen MR) is 104 cm³/mol. The lowest BCUT2D eigenvalue weighted by molar-refractivity contribution is -0.142. The molecule has 2 atom stereocenters. The molecule has 0 radical (unpaired) electrons. The van der Waals surface area contributed by atoms with Gasteiger partial charge in [0.2, 0.25) is 17.7 Å². The zero-order chi connectivity index (χ0) is 19.3. The third-order valence-electron chi connectivity index (χ3n) is 5.56. The van der Waals surface area contributed by atoms with Gasteiger partial charge in [0.1, 0.15) is 17.7 Å². The molecule has 28 heavy (non-hydrogen) atoms. The first-order valence-corrected chi connectivity index (χ1v) is 9.33. The maximum Gasteiger partial charge on any atom is 0.244 e. The molecule has 3 aromatic rings. The first kappa shape index (κ1) is 16.7. The number of amides is 3. The first-order valence-electron chi connectivity index (χ1n) is 9.33. The molecule has 3 amide bonds. The summed E-state index contributed by atoms with van der Waals surface area (Å²) in [5.41, 5.74) is 2.12. The highest BCUT2D eigenvalue weighted by Gasteiger charge is 2.47. The molecule has 2 heterocycles. The largest absolute Gasteiger partial charge is 0.456 e.